The second-order valence-electron chi connectivity index (χ2n) is 3.88. The quantitative estimate of drug-likeness (QED) is 0.664. The van der Waals surface area contributed by atoms with Gasteiger partial charge in [-0.2, -0.15) is 5.10 Å². The number of nitrogens with zero attached hydrogens (tertiary/aromatic N) is 3. The number of carbonyl (C=O) groups is 2. The van der Waals surface area contributed by atoms with E-state index in [9.17, 15) is 9.59 Å². The summed E-state index contributed by atoms with van der Waals surface area (Å²) in [5.41, 5.74) is 1.74. The lowest BCUT2D eigenvalue weighted by Gasteiger charge is -2.25. The summed E-state index contributed by atoms with van der Waals surface area (Å²) in [6.45, 7) is 2.63. The van der Waals surface area contributed by atoms with Crippen LogP contribution in [0.15, 0.2) is 6.07 Å². The van der Waals surface area contributed by atoms with Crippen LogP contribution in [0.25, 0.3) is 0 Å². The Bertz CT molecular complexity index is 422. The van der Waals surface area contributed by atoms with Gasteiger partial charge in [-0.15, -0.1) is 0 Å². The number of aromatic nitrogens is 2. The fourth-order valence-electron chi connectivity index (χ4n) is 1.76. The molecule has 16 heavy (non-hydrogen) atoms. The molecule has 1 aliphatic rings. The van der Waals surface area contributed by atoms with Crippen molar-refractivity contribution in [3.05, 3.63) is 17.5 Å². The van der Waals surface area contributed by atoms with Gasteiger partial charge in [-0.1, -0.05) is 0 Å². The van der Waals surface area contributed by atoms with E-state index in [0.29, 0.717) is 6.54 Å². The molecular formula is C10H14N4O2. The van der Waals surface area contributed by atoms with Gasteiger partial charge < -0.3 is 0 Å². The van der Waals surface area contributed by atoms with Gasteiger partial charge in [-0.05, 0) is 13.0 Å². The first-order valence-corrected chi connectivity index (χ1v) is 5.11. The normalized spacial score (nSPS) is 17.0. The van der Waals surface area contributed by atoms with E-state index in [1.807, 2.05) is 13.0 Å². The second-order valence-corrected chi connectivity index (χ2v) is 3.88. The summed E-state index contributed by atoms with van der Waals surface area (Å²) in [6.07, 6.45) is 0. The molecule has 0 aromatic carbocycles. The molecule has 0 aliphatic carbocycles. The van der Waals surface area contributed by atoms with E-state index in [-0.39, 0.29) is 24.9 Å². The zero-order chi connectivity index (χ0) is 11.7. The van der Waals surface area contributed by atoms with Crippen LogP contribution in [-0.2, 0) is 23.2 Å². The van der Waals surface area contributed by atoms with E-state index in [0.717, 1.165) is 11.4 Å². The maximum atomic E-state index is 11.5. The van der Waals surface area contributed by atoms with Gasteiger partial charge in [0.2, 0.25) is 11.8 Å². The predicted octanol–water partition coefficient (Wildman–Crippen LogP) is -0.813. The van der Waals surface area contributed by atoms with Gasteiger partial charge >= 0.3 is 0 Å². The van der Waals surface area contributed by atoms with Crippen molar-refractivity contribution in [3.8, 4) is 0 Å². The lowest BCUT2D eigenvalue weighted by Crippen LogP contribution is -2.51. The summed E-state index contributed by atoms with van der Waals surface area (Å²) in [5.74, 6) is -0.370. The van der Waals surface area contributed by atoms with Crippen molar-refractivity contribution < 1.29 is 9.59 Å². The highest BCUT2D eigenvalue weighted by Gasteiger charge is 2.26. The Morgan fingerprint density at radius 1 is 1.38 bits per heavy atom. The third kappa shape index (κ3) is 1.96. The molecule has 6 heteroatoms. The summed E-state index contributed by atoms with van der Waals surface area (Å²) in [7, 11) is 1.81. The summed E-state index contributed by atoms with van der Waals surface area (Å²) in [5, 5.41) is 6.94. The SMILES string of the molecule is Cc1cc(CN2C(=O)CNCC2=O)n(C)n1. The largest absolute Gasteiger partial charge is 0.300 e. The number of amides is 2. The number of piperazine rings is 1. The van der Waals surface area contributed by atoms with Crippen molar-refractivity contribution in [2.75, 3.05) is 13.1 Å². The van der Waals surface area contributed by atoms with E-state index in [1.54, 1.807) is 11.7 Å². The number of aryl methyl sites for hydroxylation is 2. The van der Waals surface area contributed by atoms with Gasteiger partial charge in [0.15, 0.2) is 0 Å². The number of imide groups is 1. The average Bonchev–Trinajstić information content (AvgIpc) is 2.51. The van der Waals surface area contributed by atoms with E-state index >= 15 is 0 Å². The average molecular weight is 222 g/mol. The molecule has 2 rings (SSSR count). The van der Waals surface area contributed by atoms with Gasteiger partial charge in [0.05, 0.1) is 31.0 Å². The highest BCUT2D eigenvalue weighted by atomic mass is 16.2. The van der Waals surface area contributed by atoms with Crippen molar-refractivity contribution in [3.63, 3.8) is 0 Å². The van der Waals surface area contributed by atoms with E-state index < -0.39 is 0 Å². The highest BCUT2D eigenvalue weighted by Crippen LogP contribution is 2.08. The molecule has 86 valence electrons. The first-order chi connectivity index (χ1) is 7.58. The van der Waals surface area contributed by atoms with E-state index in [4.69, 9.17) is 0 Å². The van der Waals surface area contributed by atoms with Crippen LogP contribution in [0.5, 0.6) is 0 Å². The van der Waals surface area contributed by atoms with Gasteiger partial charge in [-0.3, -0.25) is 24.5 Å². The Balaban J connectivity index is 2.16. The zero-order valence-corrected chi connectivity index (χ0v) is 9.36. The molecule has 2 amide bonds. The topological polar surface area (TPSA) is 67.2 Å². The number of hydrogen-bond acceptors (Lipinski definition) is 4. The fourth-order valence-corrected chi connectivity index (χ4v) is 1.76. The van der Waals surface area contributed by atoms with Crippen molar-refractivity contribution >= 4 is 11.8 Å². The maximum Gasteiger partial charge on any atom is 0.243 e. The number of rotatable bonds is 2. The van der Waals surface area contributed by atoms with Crippen LogP contribution in [-0.4, -0.2) is 39.6 Å². The Kier molecular flexibility index (Phi) is 2.74. The van der Waals surface area contributed by atoms with Crippen LogP contribution in [0.1, 0.15) is 11.4 Å². The Morgan fingerprint density at radius 2 is 2.00 bits per heavy atom. The smallest absolute Gasteiger partial charge is 0.243 e. The minimum atomic E-state index is -0.185. The Hall–Kier alpha value is -1.69. The van der Waals surface area contributed by atoms with Gasteiger partial charge in [0.25, 0.3) is 0 Å². The molecule has 0 spiro atoms. The van der Waals surface area contributed by atoms with Crippen molar-refractivity contribution in [2.45, 2.75) is 13.5 Å². The van der Waals surface area contributed by atoms with Crippen LogP contribution in [0, 0.1) is 6.92 Å². The number of carbonyl (C=O) groups excluding carboxylic acids is 2. The third-order valence-corrected chi connectivity index (χ3v) is 2.57. The molecule has 0 saturated carbocycles. The first-order valence-electron chi connectivity index (χ1n) is 5.11. The lowest BCUT2D eigenvalue weighted by molar-refractivity contribution is -0.147. The zero-order valence-electron chi connectivity index (χ0n) is 9.36. The van der Waals surface area contributed by atoms with Crippen LogP contribution in [0.2, 0.25) is 0 Å². The van der Waals surface area contributed by atoms with Crippen LogP contribution in [0.4, 0.5) is 0 Å². The summed E-state index contributed by atoms with van der Waals surface area (Å²) >= 11 is 0. The lowest BCUT2D eigenvalue weighted by atomic mass is 10.3. The molecule has 1 saturated heterocycles. The Labute approximate surface area is 93.2 Å². The molecule has 0 atom stereocenters. The van der Waals surface area contributed by atoms with Crippen molar-refractivity contribution in [2.24, 2.45) is 7.05 Å². The highest BCUT2D eigenvalue weighted by molar-refractivity contribution is 5.99. The third-order valence-electron chi connectivity index (χ3n) is 2.57. The molecule has 6 nitrogen and oxygen atoms in total. The van der Waals surface area contributed by atoms with Crippen LogP contribution in [0.3, 0.4) is 0 Å². The predicted molar refractivity (Wildman–Crippen MR) is 56.4 cm³/mol. The minimum absolute atomic E-state index is 0.185. The molecule has 2 heterocycles. The maximum absolute atomic E-state index is 11.5. The van der Waals surface area contributed by atoms with Gasteiger partial charge in [0, 0.05) is 7.05 Å². The Morgan fingerprint density at radius 3 is 2.50 bits per heavy atom. The first kappa shape index (κ1) is 10.8. The van der Waals surface area contributed by atoms with Crippen molar-refractivity contribution in [1.29, 1.82) is 0 Å². The summed E-state index contributed by atoms with van der Waals surface area (Å²) < 4.78 is 1.69. The van der Waals surface area contributed by atoms with E-state index in [1.165, 1.54) is 4.90 Å². The molecule has 1 aromatic rings. The van der Waals surface area contributed by atoms with Gasteiger partial charge in [-0.25, -0.2) is 0 Å². The van der Waals surface area contributed by atoms with Crippen LogP contribution >= 0.6 is 0 Å². The van der Waals surface area contributed by atoms with Crippen molar-refractivity contribution in [1.82, 2.24) is 20.0 Å². The molecule has 1 fully saturated rings. The molecule has 1 N–H and O–H groups in total. The number of nitrogens with one attached hydrogen (secondary N) is 1. The molecule has 1 aliphatic heterocycles. The standard InChI is InChI=1S/C10H14N4O2/c1-7-3-8(13(2)12-7)6-14-9(15)4-11-5-10(14)16/h3,11H,4-6H2,1-2H3. The molecule has 0 bridgehead atoms. The number of hydrogen-bond donors (Lipinski definition) is 1. The summed E-state index contributed by atoms with van der Waals surface area (Å²) in [6, 6.07) is 1.88. The monoisotopic (exact) mass is 222 g/mol. The van der Waals surface area contributed by atoms with E-state index in [2.05, 4.69) is 10.4 Å². The molecule has 1 aromatic heterocycles. The minimum Gasteiger partial charge on any atom is -0.300 e. The molecular weight excluding hydrogens is 208 g/mol. The van der Waals surface area contributed by atoms with Gasteiger partial charge in [0.1, 0.15) is 0 Å². The summed E-state index contributed by atoms with van der Waals surface area (Å²) in [4.78, 5) is 24.4. The second kappa shape index (κ2) is 4.05. The van der Waals surface area contributed by atoms with Crippen LogP contribution < -0.4 is 5.32 Å². The molecule has 0 unspecified atom stereocenters. The fraction of sp³-hybridized carbons (Fsp3) is 0.500. The molecule has 0 radical (unpaired) electrons.